The van der Waals surface area contributed by atoms with Gasteiger partial charge in [-0.1, -0.05) is 76.2 Å². The number of rotatable bonds is 11. The van der Waals surface area contributed by atoms with Crippen molar-refractivity contribution in [3.63, 3.8) is 0 Å². The Hall–Kier alpha value is -5.66. The molecule has 0 spiro atoms. The molecule has 2 aliphatic heterocycles. The third-order valence-electron chi connectivity index (χ3n) is 10.2. The lowest BCUT2D eigenvalue weighted by Gasteiger charge is -2.30. The van der Waals surface area contributed by atoms with Crippen LogP contribution >= 0.6 is 0 Å². The molecule has 6 rings (SSSR count). The second-order valence-electron chi connectivity index (χ2n) is 14.4. The summed E-state index contributed by atoms with van der Waals surface area (Å²) in [5.41, 5.74) is 5.64. The van der Waals surface area contributed by atoms with Crippen LogP contribution in [0.1, 0.15) is 77.0 Å². The number of hydrogen-bond acceptors (Lipinski definition) is 7. The molecular weight excluding hydrogens is 676 g/mol. The monoisotopic (exact) mass is 724 g/mol. The molecule has 2 aliphatic rings. The van der Waals surface area contributed by atoms with Crippen LogP contribution in [0.3, 0.4) is 0 Å². The van der Waals surface area contributed by atoms with Crippen LogP contribution in [0.25, 0.3) is 33.8 Å². The van der Waals surface area contributed by atoms with Crippen molar-refractivity contribution in [2.45, 2.75) is 77.5 Å². The van der Waals surface area contributed by atoms with Crippen LogP contribution in [0.4, 0.5) is 9.59 Å². The van der Waals surface area contributed by atoms with Crippen LogP contribution in [0.2, 0.25) is 0 Å². The van der Waals surface area contributed by atoms with Crippen molar-refractivity contribution in [3.8, 4) is 33.8 Å². The number of aromatic amines is 2. The molecular formula is C39H48N8O6. The van der Waals surface area contributed by atoms with E-state index in [9.17, 15) is 24.3 Å². The maximum absolute atomic E-state index is 13.5. The van der Waals surface area contributed by atoms with Gasteiger partial charge in [0.05, 0.1) is 43.0 Å². The number of nitrogens with one attached hydrogen (secondary N) is 4. The molecule has 4 unspecified atom stereocenters. The summed E-state index contributed by atoms with van der Waals surface area (Å²) < 4.78 is 4.75. The summed E-state index contributed by atoms with van der Waals surface area (Å²) in [5.74, 6) is 0.747. The Morgan fingerprint density at radius 3 is 1.83 bits per heavy atom. The summed E-state index contributed by atoms with van der Waals surface area (Å²) in [4.78, 5) is 69.8. The maximum Gasteiger partial charge on any atom is 0.407 e. The summed E-state index contributed by atoms with van der Waals surface area (Å²) in [6, 6.07) is 14.4. The number of carboxylic acid groups (broad SMARTS) is 1. The number of alkyl carbamates (subject to hydrolysis) is 1. The van der Waals surface area contributed by atoms with Crippen molar-refractivity contribution in [3.05, 3.63) is 72.4 Å². The number of amides is 4. The predicted molar refractivity (Wildman–Crippen MR) is 198 cm³/mol. The molecule has 0 aliphatic carbocycles. The first-order valence-electron chi connectivity index (χ1n) is 18.2. The van der Waals surface area contributed by atoms with E-state index in [0.717, 1.165) is 59.3 Å². The second-order valence-corrected chi connectivity index (χ2v) is 14.4. The summed E-state index contributed by atoms with van der Waals surface area (Å²) in [5, 5.41) is 14.3. The van der Waals surface area contributed by atoms with Gasteiger partial charge in [0.25, 0.3) is 0 Å². The highest BCUT2D eigenvalue weighted by atomic mass is 16.5. The van der Waals surface area contributed by atoms with E-state index < -0.39 is 24.3 Å². The first kappa shape index (κ1) is 37.1. The molecule has 2 fully saturated rings. The largest absolute Gasteiger partial charge is 0.465 e. The fourth-order valence-electron chi connectivity index (χ4n) is 7.34. The Morgan fingerprint density at radius 1 is 0.736 bits per heavy atom. The Bertz CT molecular complexity index is 1920. The van der Waals surface area contributed by atoms with Gasteiger partial charge in [-0.3, -0.25) is 9.59 Å². The van der Waals surface area contributed by atoms with Crippen molar-refractivity contribution >= 4 is 24.0 Å². The smallest absolute Gasteiger partial charge is 0.407 e. The van der Waals surface area contributed by atoms with Gasteiger partial charge in [-0.15, -0.1) is 0 Å². The SMILES string of the molecule is COC(=O)NC(C(=O)N1CCCC1c1cnc(-c2ccc(-c3ccc(-c4cnc(C5CCCN5C(=O)C(NC(=O)O)C(C)C)[nH]4)cc3)cc2)[nH]1)C(C)C. The Kier molecular flexibility index (Phi) is 11.2. The highest BCUT2D eigenvalue weighted by molar-refractivity contribution is 5.87. The summed E-state index contributed by atoms with van der Waals surface area (Å²) in [7, 11) is 1.29. The molecule has 0 radical (unpaired) electrons. The lowest BCUT2D eigenvalue weighted by molar-refractivity contribution is -0.136. The van der Waals surface area contributed by atoms with Crippen molar-refractivity contribution in [1.82, 2.24) is 40.4 Å². The lowest BCUT2D eigenvalue weighted by Crippen LogP contribution is -2.51. The molecule has 2 aromatic carbocycles. The average molecular weight is 725 g/mol. The van der Waals surface area contributed by atoms with E-state index in [2.05, 4.69) is 42.7 Å². The number of nitrogens with zero attached hydrogens (tertiary/aromatic N) is 4. The van der Waals surface area contributed by atoms with Gasteiger partial charge in [-0.25, -0.2) is 19.6 Å². The summed E-state index contributed by atoms with van der Waals surface area (Å²) in [6.45, 7) is 8.61. The molecule has 14 nitrogen and oxygen atoms in total. The minimum absolute atomic E-state index is 0.102. The second kappa shape index (κ2) is 15.9. The zero-order valence-corrected chi connectivity index (χ0v) is 30.8. The van der Waals surface area contributed by atoms with Crippen molar-refractivity contribution in [2.24, 2.45) is 11.8 Å². The van der Waals surface area contributed by atoms with E-state index >= 15 is 0 Å². The molecule has 0 saturated carbocycles. The van der Waals surface area contributed by atoms with Crippen LogP contribution in [-0.2, 0) is 14.3 Å². The predicted octanol–water partition coefficient (Wildman–Crippen LogP) is 6.13. The highest BCUT2D eigenvalue weighted by Gasteiger charge is 2.38. The molecule has 53 heavy (non-hydrogen) atoms. The van der Waals surface area contributed by atoms with Gasteiger partial charge in [-0.2, -0.15) is 0 Å². The van der Waals surface area contributed by atoms with Crippen molar-refractivity contribution < 1.29 is 29.0 Å². The molecule has 14 heteroatoms. The molecule has 4 amide bonds. The van der Waals surface area contributed by atoms with E-state index in [0.29, 0.717) is 24.7 Å². The minimum atomic E-state index is -1.21. The van der Waals surface area contributed by atoms with Crippen molar-refractivity contribution in [1.29, 1.82) is 0 Å². The van der Waals surface area contributed by atoms with E-state index in [1.807, 2.05) is 69.0 Å². The fraction of sp³-hybridized carbons (Fsp3) is 0.436. The van der Waals surface area contributed by atoms with Gasteiger partial charge < -0.3 is 40.2 Å². The fourth-order valence-corrected chi connectivity index (χ4v) is 7.34. The number of hydrogen-bond donors (Lipinski definition) is 5. The number of benzene rings is 2. The molecule has 4 aromatic rings. The number of carbonyl (C=O) groups excluding carboxylic acids is 3. The molecule has 4 atom stereocenters. The topological polar surface area (TPSA) is 186 Å². The zero-order valence-electron chi connectivity index (χ0n) is 30.8. The number of H-pyrrole nitrogens is 2. The molecule has 4 heterocycles. The number of carbonyl (C=O) groups is 4. The van der Waals surface area contributed by atoms with E-state index in [1.165, 1.54) is 7.11 Å². The average Bonchev–Trinajstić information content (AvgIpc) is 3.98. The zero-order chi connectivity index (χ0) is 37.8. The van der Waals surface area contributed by atoms with Crippen molar-refractivity contribution in [2.75, 3.05) is 20.2 Å². The normalized spacial score (nSPS) is 18.3. The molecule has 0 bridgehead atoms. The van der Waals surface area contributed by atoms with Crippen LogP contribution in [-0.4, -0.2) is 91.1 Å². The quantitative estimate of drug-likeness (QED) is 0.122. The van der Waals surface area contributed by atoms with E-state index in [1.54, 1.807) is 17.3 Å². The van der Waals surface area contributed by atoms with Crippen LogP contribution in [0, 0.1) is 11.8 Å². The molecule has 280 valence electrons. The third kappa shape index (κ3) is 8.06. The Morgan fingerprint density at radius 2 is 1.26 bits per heavy atom. The van der Waals surface area contributed by atoms with Gasteiger partial charge in [-0.05, 0) is 54.2 Å². The molecule has 5 N–H and O–H groups in total. The maximum atomic E-state index is 13.5. The minimum Gasteiger partial charge on any atom is -0.465 e. The highest BCUT2D eigenvalue weighted by Crippen LogP contribution is 2.35. The van der Waals surface area contributed by atoms with Gasteiger partial charge in [0.2, 0.25) is 11.8 Å². The third-order valence-corrected chi connectivity index (χ3v) is 10.2. The Labute approximate surface area is 308 Å². The van der Waals surface area contributed by atoms with Crippen LogP contribution < -0.4 is 10.6 Å². The van der Waals surface area contributed by atoms with E-state index in [-0.39, 0.29) is 35.7 Å². The first-order chi connectivity index (χ1) is 25.4. The standard InChI is InChI=1S/C39H48N8O6/c1-22(2)32(44-38(50)51)36(48)47-19-7-9-31(47)35-41-20-28(42-35)26-14-10-24(11-15-26)25-12-16-27(17-13-25)34-40-21-29(43-34)30-8-6-18-46(30)37(49)33(23(3)4)45-39(52)53-5/h10-17,20-23,30-33,44H,6-9,18-19H2,1-5H3,(H,40,43)(H,41,42)(H,45,52)(H,50,51). The number of aromatic nitrogens is 4. The summed E-state index contributed by atoms with van der Waals surface area (Å²) in [6.07, 6.45) is 4.95. The first-order valence-corrected chi connectivity index (χ1v) is 18.2. The van der Waals surface area contributed by atoms with E-state index in [4.69, 9.17) is 4.74 Å². The molecule has 2 saturated heterocycles. The van der Waals surface area contributed by atoms with Gasteiger partial charge >= 0.3 is 12.2 Å². The number of imidazole rings is 2. The van der Waals surface area contributed by atoms with Gasteiger partial charge in [0.1, 0.15) is 23.7 Å². The van der Waals surface area contributed by atoms with Crippen LogP contribution in [0.15, 0.2) is 60.9 Å². The van der Waals surface area contributed by atoms with Gasteiger partial charge in [0, 0.05) is 18.7 Å². The van der Waals surface area contributed by atoms with Gasteiger partial charge in [0.15, 0.2) is 0 Å². The lowest BCUT2D eigenvalue weighted by atomic mass is 10.0. The number of ether oxygens (including phenoxy) is 1. The molecule has 2 aromatic heterocycles. The number of methoxy groups -OCH3 is 1. The van der Waals surface area contributed by atoms with Crippen LogP contribution in [0.5, 0.6) is 0 Å². The Balaban J connectivity index is 1.11. The number of likely N-dealkylation sites (tertiary alicyclic amines) is 2. The summed E-state index contributed by atoms with van der Waals surface area (Å²) >= 11 is 0.